The maximum Gasteiger partial charge on any atom is 0.133 e. The first kappa shape index (κ1) is 12.9. The van der Waals surface area contributed by atoms with Gasteiger partial charge < -0.3 is 10.1 Å². The number of hydrogen-bond donors (Lipinski definition) is 1. The lowest BCUT2D eigenvalue weighted by molar-refractivity contribution is 0.389. The molecule has 0 saturated heterocycles. The van der Waals surface area contributed by atoms with Crippen LogP contribution >= 0.6 is 0 Å². The average molecular weight is 229 g/mol. The van der Waals surface area contributed by atoms with Crippen molar-refractivity contribution in [1.82, 2.24) is 5.32 Å². The van der Waals surface area contributed by atoms with Crippen LogP contribution in [0, 0.1) is 11.6 Å². The monoisotopic (exact) mass is 229 g/mol. The summed E-state index contributed by atoms with van der Waals surface area (Å²) in [6.07, 6.45) is 0.283. The molecule has 0 fully saturated rings. The Bertz CT molecular complexity index is 354. The fourth-order valence-electron chi connectivity index (χ4n) is 1.40. The highest BCUT2D eigenvalue weighted by atomic mass is 19.1. The molecular weight excluding hydrogens is 212 g/mol. The van der Waals surface area contributed by atoms with Gasteiger partial charge in [-0.3, -0.25) is 0 Å². The summed E-state index contributed by atoms with van der Waals surface area (Å²) in [5.41, 5.74) is -0.267. The number of methoxy groups -OCH3 is 1. The maximum absolute atomic E-state index is 13.6. The highest BCUT2D eigenvalue weighted by molar-refractivity contribution is 5.31. The van der Waals surface area contributed by atoms with Gasteiger partial charge in [-0.2, -0.15) is 0 Å². The van der Waals surface area contributed by atoms with Crippen LogP contribution in [-0.4, -0.2) is 19.7 Å². The summed E-state index contributed by atoms with van der Waals surface area (Å²) in [6.45, 7) is 3.77. The Balaban J connectivity index is 3.06. The molecule has 0 unspecified atom stereocenters. The second-order valence-corrected chi connectivity index (χ2v) is 4.38. The molecule has 0 heterocycles. The largest absolute Gasteiger partial charge is 0.497 e. The summed E-state index contributed by atoms with van der Waals surface area (Å²) in [7, 11) is 3.14. The van der Waals surface area contributed by atoms with Crippen molar-refractivity contribution < 1.29 is 13.5 Å². The lowest BCUT2D eigenvalue weighted by Gasteiger charge is -2.24. The number of ether oxygens (including phenoxy) is 1. The second-order valence-electron chi connectivity index (χ2n) is 4.38. The highest BCUT2D eigenvalue weighted by Gasteiger charge is 2.21. The van der Waals surface area contributed by atoms with Crippen molar-refractivity contribution in [3.8, 4) is 5.75 Å². The molecule has 0 bridgehead atoms. The third kappa shape index (κ3) is 2.92. The van der Waals surface area contributed by atoms with Crippen LogP contribution in [-0.2, 0) is 6.42 Å². The maximum atomic E-state index is 13.6. The topological polar surface area (TPSA) is 21.3 Å². The Morgan fingerprint density at radius 1 is 1.25 bits per heavy atom. The summed E-state index contributed by atoms with van der Waals surface area (Å²) in [5, 5.41) is 3.01. The van der Waals surface area contributed by atoms with E-state index in [0.29, 0.717) is 0 Å². The molecule has 0 aliphatic heterocycles. The summed E-state index contributed by atoms with van der Waals surface area (Å²) < 4.78 is 32.0. The molecule has 1 aromatic carbocycles. The predicted molar refractivity (Wildman–Crippen MR) is 59.8 cm³/mol. The van der Waals surface area contributed by atoms with E-state index in [9.17, 15) is 8.78 Å². The van der Waals surface area contributed by atoms with Gasteiger partial charge in [-0.05, 0) is 27.3 Å². The van der Waals surface area contributed by atoms with E-state index in [2.05, 4.69) is 5.32 Å². The zero-order valence-corrected chi connectivity index (χ0v) is 10.0. The number of nitrogens with one attached hydrogen (secondary N) is 1. The molecule has 1 aromatic rings. The van der Waals surface area contributed by atoms with Crippen molar-refractivity contribution in [3.05, 3.63) is 29.3 Å². The number of likely N-dealkylation sites (N-methyl/N-ethyl adjacent to an activating group) is 1. The van der Waals surface area contributed by atoms with E-state index in [-0.39, 0.29) is 23.3 Å². The molecule has 1 N–H and O–H groups in total. The van der Waals surface area contributed by atoms with Crippen molar-refractivity contribution in [2.24, 2.45) is 0 Å². The van der Waals surface area contributed by atoms with Gasteiger partial charge in [0.25, 0.3) is 0 Å². The summed E-state index contributed by atoms with van der Waals surface area (Å²) in [4.78, 5) is 0. The first-order chi connectivity index (χ1) is 7.39. The van der Waals surface area contributed by atoms with Crippen LogP contribution in [0.25, 0.3) is 0 Å². The van der Waals surface area contributed by atoms with E-state index < -0.39 is 11.6 Å². The smallest absolute Gasteiger partial charge is 0.133 e. The Morgan fingerprint density at radius 3 is 2.12 bits per heavy atom. The Kier molecular flexibility index (Phi) is 3.86. The SMILES string of the molecule is CNC(C)(C)Cc1c(F)cc(OC)cc1F. The minimum atomic E-state index is -0.569. The van der Waals surface area contributed by atoms with Gasteiger partial charge in [0.05, 0.1) is 7.11 Å². The van der Waals surface area contributed by atoms with Gasteiger partial charge in [0, 0.05) is 23.2 Å². The van der Waals surface area contributed by atoms with Gasteiger partial charge in [-0.15, -0.1) is 0 Å². The Hall–Kier alpha value is -1.16. The summed E-state index contributed by atoms with van der Waals surface area (Å²) >= 11 is 0. The molecular formula is C12H17F2NO. The normalized spacial score (nSPS) is 11.6. The van der Waals surface area contributed by atoms with Crippen LogP contribution in [0.15, 0.2) is 12.1 Å². The van der Waals surface area contributed by atoms with E-state index in [0.717, 1.165) is 0 Å². The molecule has 2 nitrogen and oxygen atoms in total. The van der Waals surface area contributed by atoms with Crippen LogP contribution in [0.5, 0.6) is 5.75 Å². The molecule has 4 heteroatoms. The van der Waals surface area contributed by atoms with Crippen molar-refractivity contribution in [1.29, 1.82) is 0 Å². The van der Waals surface area contributed by atoms with Gasteiger partial charge in [-0.25, -0.2) is 8.78 Å². The van der Waals surface area contributed by atoms with Crippen LogP contribution in [0.2, 0.25) is 0 Å². The van der Waals surface area contributed by atoms with Crippen molar-refractivity contribution in [2.75, 3.05) is 14.2 Å². The van der Waals surface area contributed by atoms with Gasteiger partial charge in [0.15, 0.2) is 0 Å². The fraction of sp³-hybridized carbons (Fsp3) is 0.500. The van der Waals surface area contributed by atoms with Gasteiger partial charge in [0.2, 0.25) is 0 Å². The molecule has 0 aliphatic rings. The molecule has 90 valence electrons. The number of hydrogen-bond acceptors (Lipinski definition) is 2. The molecule has 0 spiro atoms. The minimum absolute atomic E-state index is 0.0835. The van der Waals surface area contributed by atoms with E-state index in [1.807, 2.05) is 13.8 Å². The molecule has 0 radical (unpaired) electrons. The van der Waals surface area contributed by atoms with E-state index in [1.54, 1.807) is 7.05 Å². The van der Waals surface area contributed by atoms with Crippen molar-refractivity contribution in [2.45, 2.75) is 25.8 Å². The zero-order valence-electron chi connectivity index (χ0n) is 10.0. The first-order valence-electron chi connectivity index (χ1n) is 5.10. The molecule has 0 atom stereocenters. The van der Waals surface area contributed by atoms with Gasteiger partial charge in [0.1, 0.15) is 17.4 Å². The van der Waals surface area contributed by atoms with Crippen LogP contribution in [0.1, 0.15) is 19.4 Å². The second kappa shape index (κ2) is 4.78. The third-order valence-corrected chi connectivity index (χ3v) is 2.65. The number of halogens is 2. The van der Waals surface area contributed by atoms with Gasteiger partial charge >= 0.3 is 0 Å². The Morgan fingerprint density at radius 2 is 1.75 bits per heavy atom. The molecule has 0 aliphatic carbocycles. The van der Waals surface area contributed by atoms with E-state index in [4.69, 9.17) is 4.74 Å². The molecule has 0 aromatic heterocycles. The standard InChI is InChI=1S/C12H17F2NO/c1-12(2,15-3)7-9-10(13)5-8(16-4)6-11(9)14/h5-6,15H,7H2,1-4H3. The lowest BCUT2D eigenvalue weighted by Crippen LogP contribution is -2.38. The molecule has 16 heavy (non-hydrogen) atoms. The minimum Gasteiger partial charge on any atom is -0.497 e. The third-order valence-electron chi connectivity index (χ3n) is 2.65. The average Bonchev–Trinajstić information content (AvgIpc) is 2.23. The van der Waals surface area contributed by atoms with E-state index >= 15 is 0 Å². The van der Waals surface area contributed by atoms with Crippen LogP contribution in [0.3, 0.4) is 0 Å². The Labute approximate surface area is 94.6 Å². The van der Waals surface area contributed by atoms with Crippen molar-refractivity contribution >= 4 is 0 Å². The van der Waals surface area contributed by atoms with Crippen molar-refractivity contribution in [3.63, 3.8) is 0 Å². The highest BCUT2D eigenvalue weighted by Crippen LogP contribution is 2.23. The summed E-state index contributed by atoms with van der Waals surface area (Å²) in [5.74, 6) is -0.943. The summed E-state index contributed by atoms with van der Waals surface area (Å²) in [6, 6.07) is 2.40. The molecule has 0 saturated carbocycles. The molecule has 1 rings (SSSR count). The van der Waals surface area contributed by atoms with E-state index in [1.165, 1.54) is 19.2 Å². The fourth-order valence-corrected chi connectivity index (χ4v) is 1.40. The van der Waals surface area contributed by atoms with Crippen LogP contribution in [0.4, 0.5) is 8.78 Å². The zero-order chi connectivity index (χ0) is 12.3. The lowest BCUT2D eigenvalue weighted by atomic mass is 9.94. The number of benzene rings is 1. The molecule has 0 amide bonds. The van der Waals surface area contributed by atoms with Crippen LogP contribution < -0.4 is 10.1 Å². The first-order valence-corrected chi connectivity index (χ1v) is 5.10. The quantitative estimate of drug-likeness (QED) is 0.856. The van der Waals surface area contributed by atoms with Gasteiger partial charge in [-0.1, -0.05) is 0 Å². The number of rotatable bonds is 4. The predicted octanol–water partition coefficient (Wildman–Crippen LogP) is 2.51.